The van der Waals surface area contributed by atoms with E-state index in [0.29, 0.717) is 12.4 Å². The minimum atomic E-state index is -3.76. The molecule has 3 amide bonds. The second-order valence-electron chi connectivity index (χ2n) is 6.80. The fourth-order valence-electron chi connectivity index (χ4n) is 3.16. The Labute approximate surface area is 180 Å². The summed E-state index contributed by atoms with van der Waals surface area (Å²) in [5, 5.41) is 2.55. The van der Waals surface area contributed by atoms with Crippen LogP contribution in [0.1, 0.15) is 34.6 Å². The predicted molar refractivity (Wildman–Crippen MR) is 112 cm³/mol. The number of benzene rings is 2. The molecule has 1 unspecified atom stereocenters. The quantitative estimate of drug-likeness (QED) is 0.441. The van der Waals surface area contributed by atoms with Gasteiger partial charge in [0.15, 0.2) is 0 Å². The molecule has 1 heterocycles. The largest absolute Gasteiger partial charge is 0.494 e. The number of amides is 3. The first-order valence-corrected chi connectivity index (χ1v) is 11.2. The van der Waals surface area contributed by atoms with Crippen molar-refractivity contribution in [1.29, 1.82) is 0 Å². The van der Waals surface area contributed by atoms with Gasteiger partial charge < -0.3 is 10.1 Å². The smallest absolute Gasteiger partial charge is 0.262 e. The molecular weight excluding hydrogens is 422 g/mol. The van der Waals surface area contributed by atoms with Crippen LogP contribution in [0.4, 0.5) is 0 Å². The van der Waals surface area contributed by atoms with Crippen LogP contribution in [0, 0.1) is 0 Å². The molecule has 0 spiro atoms. The highest BCUT2D eigenvalue weighted by molar-refractivity contribution is 7.89. The van der Waals surface area contributed by atoms with Crippen molar-refractivity contribution in [3.05, 3.63) is 59.7 Å². The fraction of sp³-hybridized carbons (Fsp3) is 0.286. The number of carbonyl (C=O) groups excluding carboxylic acids is 3. The number of fused-ring (bicyclic) bond motifs is 1. The Morgan fingerprint density at radius 2 is 1.58 bits per heavy atom. The molecule has 10 heteroatoms. The summed E-state index contributed by atoms with van der Waals surface area (Å²) in [5.74, 6) is -1.05. The van der Waals surface area contributed by atoms with Crippen LogP contribution in [0.25, 0.3) is 0 Å². The molecule has 0 aromatic heterocycles. The van der Waals surface area contributed by atoms with Gasteiger partial charge in [0.05, 0.1) is 22.6 Å². The van der Waals surface area contributed by atoms with Crippen molar-refractivity contribution in [1.82, 2.24) is 14.9 Å². The number of rotatable bonds is 9. The number of hydrogen-bond donors (Lipinski definition) is 2. The Hall–Kier alpha value is -3.24. The van der Waals surface area contributed by atoms with Crippen molar-refractivity contribution >= 4 is 27.7 Å². The maximum atomic E-state index is 12.5. The van der Waals surface area contributed by atoms with E-state index in [4.69, 9.17) is 4.74 Å². The van der Waals surface area contributed by atoms with Gasteiger partial charge in [-0.15, -0.1) is 0 Å². The lowest BCUT2D eigenvalue weighted by molar-refractivity contribution is -0.124. The number of ether oxygens (including phenoxy) is 1. The van der Waals surface area contributed by atoms with Crippen LogP contribution < -0.4 is 14.8 Å². The molecule has 2 N–H and O–H groups in total. The lowest BCUT2D eigenvalue weighted by Crippen LogP contribution is -2.49. The number of hydrogen-bond acceptors (Lipinski definition) is 6. The van der Waals surface area contributed by atoms with Gasteiger partial charge in [-0.1, -0.05) is 12.1 Å². The third-order valence-electron chi connectivity index (χ3n) is 4.75. The van der Waals surface area contributed by atoms with Gasteiger partial charge in [0.2, 0.25) is 15.9 Å². The average Bonchev–Trinajstić information content (AvgIpc) is 3.01. The highest BCUT2D eigenvalue weighted by Crippen LogP contribution is 2.24. The van der Waals surface area contributed by atoms with Crippen LogP contribution in [0.5, 0.6) is 5.75 Å². The van der Waals surface area contributed by atoms with Gasteiger partial charge in [0.1, 0.15) is 11.8 Å². The molecule has 3 rings (SSSR count). The van der Waals surface area contributed by atoms with Crippen LogP contribution >= 0.6 is 0 Å². The molecule has 164 valence electrons. The van der Waals surface area contributed by atoms with Crippen LogP contribution in [0.3, 0.4) is 0 Å². The lowest BCUT2D eigenvalue weighted by Gasteiger charge is -2.21. The van der Waals surface area contributed by atoms with Crippen molar-refractivity contribution in [2.24, 2.45) is 0 Å². The van der Waals surface area contributed by atoms with Gasteiger partial charge in [0, 0.05) is 13.1 Å². The zero-order chi connectivity index (χ0) is 22.6. The zero-order valence-electron chi connectivity index (χ0n) is 17.1. The van der Waals surface area contributed by atoms with E-state index in [-0.39, 0.29) is 29.1 Å². The summed E-state index contributed by atoms with van der Waals surface area (Å²) in [6.07, 6.45) is 0. The summed E-state index contributed by atoms with van der Waals surface area (Å²) >= 11 is 0. The van der Waals surface area contributed by atoms with Crippen molar-refractivity contribution in [2.75, 3.05) is 19.7 Å². The predicted octanol–water partition coefficient (Wildman–Crippen LogP) is 1.16. The first kappa shape index (κ1) is 22.4. The van der Waals surface area contributed by atoms with E-state index in [0.717, 1.165) is 4.90 Å². The van der Waals surface area contributed by atoms with Gasteiger partial charge >= 0.3 is 0 Å². The first-order chi connectivity index (χ1) is 14.8. The minimum Gasteiger partial charge on any atom is -0.494 e. The maximum Gasteiger partial charge on any atom is 0.262 e. The molecule has 31 heavy (non-hydrogen) atoms. The molecule has 0 radical (unpaired) electrons. The van der Waals surface area contributed by atoms with Crippen LogP contribution in [-0.4, -0.2) is 56.8 Å². The SMILES string of the molecule is CCOc1ccc(S(=O)(=O)NCCNC(=O)C(C)N2C(=O)c3ccccc3C2=O)cc1. The van der Waals surface area contributed by atoms with Gasteiger partial charge in [-0.05, 0) is 50.2 Å². The molecule has 2 aromatic rings. The molecule has 9 nitrogen and oxygen atoms in total. The lowest BCUT2D eigenvalue weighted by atomic mass is 10.1. The van der Waals surface area contributed by atoms with Gasteiger partial charge in [-0.3, -0.25) is 19.3 Å². The summed E-state index contributed by atoms with van der Waals surface area (Å²) in [7, 11) is -3.76. The van der Waals surface area contributed by atoms with Gasteiger partial charge in [-0.2, -0.15) is 0 Å². The standard InChI is InChI=1S/C21H23N3O6S/c1-3-30-15-8-10-16(11-9-15)31(28,29)23-13-12-22-19(25)14(2)24-20(26)17-6-4-5-7-18(17)21(24)27/h4-11,14,23H,3,12-13H2,1-2H3,(H,22,25). The Kier molecular flexibility index (Phi) is 6.71. The minimum absolute atomic E-state index is 0.0113. The molecule has 0 saturated carbocycles. The van der Waals surface area contributed by atoms with Crippen molar-refractivity contribution < 1.29 is 27.5 Å². The summed E-state index contributed by atoms with van der Waals surface area (Å²) in [6, 6.07) is 11.3. The van der Waals surface area contributed by atoms with Crippen molar-refractivity contribution in [2.45, 2.75) is 24.8 Å². The van der Waals surface area contributed by atoms with Crippen LogP contribution in [0.2, 0.25) is 0 Å². The molecule has 0 saturated heterocycles. The average molecular weight is 445 g/mol. The molecule has 1 aliphatic heterocycles. The molecule has 0 bridgehead atoms. The summed E-state index contributed by atoms with van der Waals surface area (Å²) in [5.41, 5.74) is 0.519. The second-order valence-corrected chi connectivity index (χ2v) is 8.56. The highest BCUT2D eigenvalue weighted by atomic mass is 32.2. The van der Waals surface area contributed by atoms with E-state index in [9.17, 15) is 22.8 Å². The van der Waals surface area contributed by atoms with Gasteiger partial charge in [0.25, 0.3) is 11.8 Å². The Balaban J connectivity index is 1.52. The highest BCUT2D eigenvalue weighted by Gasteiger charge is 2.40. The second kappa shape index (κ2) is 9.27. The number of nitrogens with one attached hydrogen (secondary N) is 2. The molecule has 1 aliphatic rings. The van der Waals surface area contributed by atoms with E-state index >= 15 is 0 Å². The van der Waals surface area contributed by atoms with Crippen molar-refractivity contribution in [3.63, 3.8) is 0 Å². The van der Waals surface area contributed by atoms with E-state index in [1.54, 1.807) is 24.3 Å². The van der Waals surface area contributed by atoms with Crippen LogP contribution in [-0.2, 0) is 14.8 Å². The maximum absolute atomic E-state index is 12.5. The zero-order valence-corrected chi connectivity index (χ0v) is 17.9. The van der Waals surface area contributed by atoms with Crippen LogP contribution in [0.15, 0.2) is 53.4 Å². The molecule has 2 aromatic carbocycles. The molecule has 0 aliphatic carbocycles. The number of imide groups is 1. The monoisotopic (exact) mass is 445 g/mol. The molecule has 1 atom stereocenters. The summed E-state index contributed by atoms with van der Waals surface area (Å²) < 4.78 is 32.4. The van der Waals surface area contributed by atoms with E-state index in [1.165, 1.54) is 31.2 Å². The topological polar surface area (TPSA) is 122 Å². The van der Waals surface area contributed by atoms with E-state index in [2.05, 4.69) is 10.0 Å². The Morgan fingerprint density at radius 1 is 1.00 bits per heavy atom. The van der Waals surface area contributed by atoms with Crippen molar-refractivity contribution in [3.8, 4) is 5.75 Å². The van der Waals surface area contributed by atoms with Gasteiger partial charge in [-0.25, -0.2) is 13.1 Å². The third-order valence-corrected chi connectivity index (χ3v) is 6.23. The fourth-order valence-corrected chi connectivity index (χ4v) is 4.19. The Morgan fingerprint density at radius 3 is 2.13 bits per heavy atom. The molecule has 0 fully saturated rings. The summed E-state index contributed by atoms with van der Waals surface area (Å²) in [4.78, 5) is 38.3. The number of carbonyl (C=O) groups is 3. The number of nitrogens with zero attached hydrogens (tertiary/aromatic N) is 1. The summed E-state index contributed by atoms with van der Waals surface area (Å²) in [6.45, 7) is 3.68. The van der Waals surface area contributed by atoms with E-state index < -0.39 is 33.8 Å². The Bertz CT molecular complexity index is 1060. The first-order valence-electron chi connectivity index (χ1n) is 9.73. The normalized spacial score (nSPS) is 14.3. The third kappa shape index (κ3) is 4.75. The molecular formula is C21H23N3O6S. The number of sulfonamides is 1. The van der Waals surface area contributed by atoms with E-state index in [1.807, 2.05) is 6.92 Å².